The minimum atomic E-state index is 0.738. The molecule has 1 rings (SSSR count). The molecule has 2 heteroatoms. The average Bonchev–Trinajstić information content (AvgIpc) is 1.80. The molecule has 9 heavy (non-hydrogen) atoms. The van der Waals surface area contributed by atoms with Crippen LogP contribution in [0.5, 0.6) is 0 Å². The molecule has 0 aromatic heterocycles. The molecular weight excluding hydrogens is 246 g/mol. The average molecular weight is 251 g/mol. The first-order valence-electron chi connectivity index (χ1n) is 2.47. The monoisotopic (exact) mass is 251 g/mol. The van der Waals surface area contributed by atoms with Gasteiger partial charge in [0, 0.05) is 8.59 Å². The van der Waals surface area contributed by atoms with Crippen LogP contribution in [-0.4, -0.2) is 0 Å². The van der Waals surface area contributed by atoms with E-state index in [1.165, 1.54) is 0 Å². The molecule has 0 atom stereocenters. The van der Waals surface area contributed by atoms with E-state index in [0.717, 1.165) is 14.2 Å². The van der Waals surface area contributed by atoms with E-state index in [0.29, 0.717) is 0 Å². The summed E-state index contributed by atoms with van der Waals surface area (Å²) in [6.45, 7) is 3.73. The van der Waals surface area contributed by atoms with Crippen molar-refractivity contribution in [3.63, 3.8) is 0 Å². The Hall–Kier alpha value is 0.240. The number of hydrogen-bond acceptors (Lipinski definition) is 0. The van der Waals surface area contributed by atoms with Crippen LogP contribution in [0.2, 0.25) is 5.02 Å². The van der Waals surface area contributed by atoms with Crippen molar-refractivity contribution in [3.05, 3.63) is 39.3 Å². The maximum absolute atomic E-state index is 5.75. The summed E-state index contributed by atoms with van der Waals surface area (Å²) in [4.78, 5) is 0. The lowest BCUT2D eigenvalue weighted by molar-refractivity contribution is 1.57. The zero-order chi connectivity index (χ0) is 6.85. The highest BCUT2D eigenvalue weighted by Crippen LogP contribution is 2.17. The van der Waals surface area contributed by atoms with Gasteiger partial charge >= 0.3 is 0 Å². The second-order valence-electron chi connectivity index (χ2n) is 1.74. The van der Waals surface area contributed by atoms with Crippen LogP contribution >= 0.6 is 34.2 Å². The van der Waals surface area contributed by atoms with E-state index in [9.17, 15) is 0 Å². The van der Waals surface area contributed by atoms with E-state index in [-0.39, 0.29) is 0 Å². The zero-order valence-electron chi connectivity index (χ0n) is 4.70. The normalized spacial score (nSPS) is 9.67. The van der Waals surface area contributed by atoms with Gasteiger partial charge in [0.15, 0.2) is 0 Å². The lowest BCUT2D eigenvalue weighted by atomic mass is 10.2. The van der Waals surface area contributed by atoms with E-state index < -0.39 is 0 Å². The highest BCUT2D eigenvalue weighted by molar-refractivity contribution is 14.1. The van der Waals surface area contributed by atoms with Crippen molar-refractivity contribution in [2.24, 2.45) is 0 Å². The van der Waals surface area contributed by atoms with Gasteiger partial charge < -0.3 is 0 Å². The summed E-state index contributed by atoms with van der Waals surface area (Å²) < 4.78 is 1.14. The van der Waals surface area contributed by atoms with Crippen molar-refractivity contribution in [3.8, 4) is 0 Å². The first-order valence-corrected chi connectivity index (χ1v) is 3.93. The second kappa shape index (κ2) is 2.88. The molecule has 1 aromatic carbocycles. The number of hydrogen-bond donors (Lipinski definition) is 0. The molecule has 1 radical (unpaired) electrons. The minimum absolute atomic E-state index is 0.738. The van der Waals surface area contributed by atoms with Gasteiger partial charge in [-0.1, -0.05) is 17.7 Å². The quantitative estimate of drug-likeness (QED) is 0.622. The van der Waals surface area contributed by atoms with Gasteiger partial charge in [-0.25, -0.2) is 0 Å². The van der Waals surface area contributed by atoms with Crippen molar-refractivity contribution in [2.75, 3.05) is 0 Å². The Morgan fingerprint density at radius 2 is 2.11 bits per heavy atom. The topological polar surface area (TPSA) is 0 Å². The molecule has 0 fully saturated rings. The molecule has 0 amide bonds. The van der Waals surface area contributed by atoms with Gasteiger partial charge in [-0.15, -0.1) is 0 Å². The maximum Gasteiger partial charge on any atom is 0.0448 e. The predicted octanol–water partition coefficient (Wildman–Crippen LogP) is 3.13. The molecule has 0 saturated carbocycles. The summed E-state index contributed by atoms with van der Waals surface area (Å²) >= 11 is 7.96. The molecule has 0 nitrogen and oxygen atoms in total. The van der Waals surface area contributed by atoms with Crippen molar-refractivity contribution < 1.29 is 0 Å². The molecule has 0 N–H and O–H groups in total. The Labute approximate surface area is 73.4 Å². The SMILES string of the molecule is [CH2]c1ccc(I)cc1Cl. The predicted molar refractivity (Wildman–Crippen MR) is 48.6 cm³/mol. The number of halogens is 2. The third kappa shape index (κ3) is 1.83. The van der Waals surface area contributed by atoms with Gasteiger partial charge in [0.05, 0.1) is 0 Å². The first-order chi connectivity index (χ1) is 4.20. The maximum atomic E-state index is 5.75. The van der Waals surface area contributed by atoms with Crippen molar-refractivity contribution in [1.29, 1.82) is 0 Å². The zero-order valence-corrected chi connectivity index (χ0v) is 7.61. The van der Waals surface area contributed by atoms with Crippen LogP contribution in [0.1, 0.15) is 5.56 Å². The van der Waals surface area contributed by atoms with E-state index >= 15 is 0 Å². The molecule has 0 heterocycles. The third-order valence-corrected chi connectivity index (χ3v) is 2.04. The Bertz CT molecular complexity index is 220. The fourth-order valence-electron chi connectivity index (χ4n) is 0.522. The second-order valence-corrected chi connectivity index (χ2v) is 3.39. The summed E-state index contributed by atoms with van der Waals surface area (Å²) in [6.07, 6.45) is 0. The molecule has 0 unspecified atom stereocenters. The molecule has 0 aliphatic rings. The number of benzene rings is 1. The van der Waals surface area contributed by atoms with E-state index in [1.54, 1.807) is 0 Å². The smallest absolute Gasteiger partial charge is 0.0448 e. The Morgan fingerprint density at radius 1 is 1.44 bits per heavy atom. The largest absolute Gasteiger partial charge is 0.0840 e. The molecule has 0 aliphatic carbocycles. The van der Waals surface area contributed by atoms with Crippen molar-refractivity contribution in [2.45, 2.75) is 0 Å². The molecule has 0 aliphatic heterocycles. The first kappa shape index (κ1) is 7.35. The lowest BCUT2D eigenvalue weighted by Crippen LogP contribution is -1.74. The minimum Gasteiger partial charge on any atom is -0.0840 e. The highest BCUT2D eigenvalue weighted by Gasteiger charge is 1.92. The van der Waals surface area contributed by atoms with Gasteiger partial charge in [-0.2, -0.15) is 0 Å². The molecular formula is C7H5ClI. The molecule has 0 bridgehead atoms. The molecule has 0 saturated heterocycles. The van der Waals surface area contributed by atoms with Crippen molar-refractivity contribution >= 4 is 34.2 Å². The Morgan fingerprint density at radius 3 is 2.56 bits per heavy atom. The van der Waals surface area contributed by atoms with E-state index in [4.69, 9.17) is 11.6 Å². The van der Waals surface area contributed by atoms with E-state index in [1.807, 2.05) is 18.2 Å². The molecule has 1 aromatic rings. The summed E-state index contributed by atoms with van der Waals surface area (Å²) in [5, 5.41) is 0.738. The van der Waals surface area contributed by atoms with Gasteiger partial charge in [0.1, 0.15) is 0 Å². The molecule has 47 valence electrons. The highest BCUT2D eigenvalue weighted by atomic mass is 127. The molecule has 0 spiro atoms. The summed E-state index contributed by atoms with van der Waals surface area (Å²) in [6, 6.07) is 5.78. The lowest BCUT2D eigenvalue weighted by Gasteiger charge is -1.94. The van der Waals surface area contributed by atoms with Gasteiger partial charge in [0.25, 0.3) is 0 Å². The summed E-state index contributed by atoms with van der Waals surface area (Å²) in [7, 11) is 0. The van der Waals surface area contributed by atoms with Gasteiger partial charge in [-0.05, 0) is 47.2 Å². The van der Waals surface area contributed by atoms with Crippen molar-refractivity contribution in [1.82, 2.24) is 0 Å². The fourth-order valence-corrected chi connectivity index (χ4v) is 1.38. The van der Waals surface area contributed by atoms with Crippen LogP contribution in [0.3, 0.4) is 0 Å². The van der Waals surface area contributed by atoms with Crippen LogP contribution < -0.4 is 0 Å². The standard InChI is InChI=1S/C7H5ClI/c1-5-2-3-6(9)4-7(5)8/h2-4H,1H2. The Kier molecular flexibility index (Phi) is 2.35. The van der Waals surface area contributed by atoms with Crippen LogP contribution in [0.15, 0.2) is 18.2 Å². The third-order valence-electron chi connectivity index (χ3n) is 1.02. The fraction of sp³-hybridized carbons (Fsp3) is 0. The van der Waals surface area contributed by atoms with E-state index in [2.05, 4.69) is 29.5 Å². The van der Waals surface area contributed by atoms with Crippen LogP contribution in [0, 0.1) is 10.5 Å². The summed E-state index contributed by atoms with van der Waals surface area (Å²) in [5.41, 5.74) is 0.886. The van der Waals surface area contributed by atoms with Crippen LogP contribution in [0.25, 0.3) is 0 Å². The van der Waals surface area contributed by atoms with Crippen LogP contribution in [0.4, 0.5) is 0 Å². The number of rotatable bonds is 0. The van der Waals surface area contributed by atoms with Crippen LogP contribution in [-0.2, 0) is 0 Å². The van der Waals surface area contributed by atoms with Gasteiger partial charge in [-0.3, -0.25) is 0 Å². The Balaban J connectivity index is 3.17. The van der Waals surface area contributed by atoms with Gasteiger partial charge in [0.2, 0.25) is 0 Å². The summed E-state index contributed by atoms with van der Waals surface area (Å²) in [5.74, 6) is 0.